The van der Waals surface area contributed by atoms with Gasteiger partial charge in [-0.05, 0) is 59.3 Å². The van der Waals surface area contributed by atoms with Crippen molar-refractivity contribution in [2.24, 2.45) is 0 Å². The SMILES string of the molecule is COC(=O)c1ccc(Cl)c(NC(=O)C(C)Oc2ccc(Cl)cc2Br)c1. The lowest BCUT2D eigenvalue weighted by Crippen LogP contribution is -2.30. The summed E-state index contributed by atoms with van der Waals surface area (Å²) in [5, 5.41) is 3.47. The Morgan fingerprint density at radius 3 is 2.52 bits per heavy atom. The first kappa shape index (κ1) is 19.6. The van der Waals surface area contributed by atoms with Crippen molar-refractivity contribution in [3.05, 3.63) is 56.5 Å². The second-order valence-corrected chi connectivity index (χ2v) is 6.71. The number of halogens is 3. The van der Waals surface area contributed by atoms with E-state index >= 15 is 0 Å². The predicted octanol–water partition coefficient (Wildman–Crippen LogP) is 4.95. The van der Waals surface area contributed by atoms with E-state index in [0.717, 1.165) is 0 Å². The van der Waals surface area contributed by atoms with Crippen molar-refractivity contribution in [3.8, 4) is 5.75 Å². The van der Waals surface area contributed by atoms with Gasteiger partial charge in [-0.15, -0.1) is 0 Å². The van der Waals surface area contributed by atoms with Crippen LogP contribution < -0.4 is 10.1 Å². The van der Waals surface area contributed by atoms with Crippen LogP contribution in [0.2, 0.25) is 10.0 Å². The first-order chi connectivity index (χ1) is 11.8. The molecule has 0 spiro atoms. The molecule has 0 bridgehead atoms. The van der Waals surface area contributed by atoms with Crippen LogP contribution >= 0.6 is 39.1 Å². The molecule has 1 atom stereocenters. The van der Waals surface area contributed by atoms with E-state index in [2.05, 4.69) is 26.0 Å². The van der Waals surface area contributed by atoms with Gasteiger partial charge in [0.1, 0.15) is 5.75 Å². The van der Waals surface area contributed by atoms with Gasteiger partial charge in [-0.25, -0.2) is 4.79 Å². The number of rotatable bonds is 5. The lowest BCUT2D eigenvalue weighted by molar-refractivity contribution is -0.122. The second-order valence-electron chi connectivity index (χ2n) is 5.01. The molecule has 0 radical (unpaired) electrons. The first-order valence-corrected chi connectivity index (χ1v) is 8.67. The third-order valence-electron chi connectivity index (χ3n) is 3.21. The number of esters is 1. The molecular weight excluding hydrogens is 433 g/mol. The van der Waals surface area contributed by atoms with Gasteiger partial charge >= 0.3 is 5.97 Å². The zero-order valence-electron chi connectivity index (χ0n) is 13.3. The molecule has 0 aromatic heterocycles. The fraction of sp³-hybridized carbons (Fsp3) is 0.176. The predicted molar refractivity (Wildman–Crippen MR) is 101 cm³/mol. The van der Waals surface area contributed by atoms with Gasteiger partial charge < -0.3 is 14.8 Å². The standard InChI is InChI=1S/C17H14BrCl2NO4/c1-9(25-15-6-4-11(19)8-12(15)18)16(22)21-14-7-10(17(23)24-2)3-5-13(14)20/h3-9H,1-2H3,(H,21,22). The number of carbonyl (C=O) groups is 2. The molecule has 25 heavy (non-hydrogen) atoms. The summed E-state index contributed by atoms with van der Waals surface area (Å²) >= 11 is 15.3. The minimum atomic E-state index is -0.810. The van der Waals surface area contributed by atoms with Gasteiger partial charge in [-0.1, -0.05) is 23.2 Å². The van der Waals surface area contributed by atoms with Crippen molar-refractivity contribution in [1.82, 2.24) is 0 Å². The number of benzene rings is 2. The zero-order valence-corrected chi connectivity index (χ0v) is 16.4. The van der Waals surface area contributed by atoms with Gasteiger partial charge in [-0.3, -0.25) is 4.79 Å². The van der Waals surface area contributed by atoms with E-state index in [9.17, 15) is 9.59 Å². The quantitative estimate of drug-likeness (QED) is 0.660. The topological polar surface area (TPSA) is 64.6 Å². The molecular formula is C17H14BrCl2NO4. The third-order valence-corrected chi connectivity index (χ3v) is 4.40. The minimum absolute atomic E-state index is 0.274. The summed E-state index contributed by atoms with van der Waals surface area (Å²) in [6.07, 6.45) is -0.810. The van der Waals surface area contributed by atoms with Crippen molar-refractivity contribution in [2.75, 3.05) is 12.4 Å². The number of methoxy groups -OCH3 is 1. The summed E-state index contributed by atoms with van der Waals surface area (Å²) in [5.41, 5.74) is 0.566. The van der Waals surface area contributed by atoms with E-state index in [1.807, 2.05) is 0 Å². The van der Waals surface area contributed by atoms with Crippen molar-refractivity contribution in [1.29, 1.82) is 0 Å². The molecule has 8 heteroatoms. The minimum Gasteiger partial charge on any atom is -0.480 e. The van der Waals surface area contributed by atoms with Crippen molar-refractivity contribution < 1.29 is 19.1 Å². The van der Waals surface area contributed by atoms with Gasteiger partial charge in [0.25, 0.3) is 5.91 Å². The lowest BCUT2D eigenvalue weighted by Gasteiger charge is -2.16. The molecule has 0 aliphatic heterocycles. The Morgan fingerprint density at radius 1 is 1.16 bits per heavy atom. The number of nitrogens with one attached hydrogen (secondary N) is 1. The van der Waals surface area contributed by atoms with Crippen LogP contribution in [0.4, 0.5) is 5.69 Å². The molecule has 0 heterocycles. The molecule has 5 nitrogen and oxygen atoms in total. The Kier molecular flexibility index (Phi) is 6.70. The molecule has 0 aliphatic carbocycles. The number of anilines is 1. The zero-order chi connectivity index (χ0) is 18.6. The van der Waals surface area contributed by atoms with E-state index in [0.29, 0.717) is 26.0 Å². The smallest absolute Gasteiger partial charge is 0.337 e. The van der Waals surface area contributed by atoms with E-state index in [1.54, 1.807) is 25.1 Å². The summed E-state index contributed by atoms with van der Waals surface area (Å²) in [7, 11) is 1.27. The molecule has 0 saturated carbocycles. The summed E-state index contributed by atoms with van der Waals surface area (Å²) in [4.78, 5) is 23.9. The van der Waals surface area contributed by atoms with Gasteiger partial charge in [0, 0.05) is 5.02 Å². The highest BCUT2D eigenvalue weighted by atomic mass is 79.9. The maximum Gasteiger partial charge on any atom is 0.337 e. The van der Waals surface area contributed by atoms with Gasteiger partial charge in [0.05, 0.1) is 27.9 Å². The van der Waals surface area contributed by atoms with Crippen molar-refractivity contribution in [3.63, 3.8) is 0 Å². The normalized spacial score (nSPS) is 11.6. The molecule has 0 fully saturated rings. The highest BCUT2D eigenvalue weighted by Gasteiger charge is 2.18. The summed E-state index contributed by atoms with van der Waals surface area (Å²) in [6, 6.07) is 9.43. The highest BCUT2D eigenvalue weighted by Crippen LogP contribution is 2.29. The van der Waals surface area contributed by atoms with E-state index in [-0.39, 0.29) is 5.56 Å². The van der Waals surface area contributed by atoms with Gasteiger partial charge in [0.2, 0.25) is 0 Å². The molecule has 132 valence electrons. The molecule has 0 aliphatic rings. The van der Waals surface area contributed by atoms with Crippen molar-refractivity contribution >= 4 is 56.7 Å². The van der Waals surface area contributed by atoms with Crippen LogP contribution in [-0.2, 0) is 9.53 Å². The molecule has 2 rings (SSSR count). The van der Waals surface area contributed by atoms with Gasteiger partial charge in [0.15, 0.2) is 6.10 Å². The molecule has 2 aromatic carbocycles. The van der Waals surface area contributed by atoms with Crippen LogP contribution in [-0.4, -0.2) is 25.1 Å². The number of carbonyl (C=O) groups excluding carboxylic acids is 2. The average Bonchev–Trinajstić information content (AvgIpc) is 2.58. The Labute approximate surface area is 163 Å². The Bertz CT molecular complexity index is 813. The van der Waals surface area contributed by atoms with Gasteiger partial charge in [-0.2, -0.15) is 0 Å². The second kappa shape index (κ2) is 8.56. The first-order valence-electron chi connectivity index (χ1n) is 7.12. The fourth-order valence-corrected chi connectivity index (χ4v) is 2.86. The number of amides is 1. The van der Waals surface area contributed by atoms with Crippen LogP contribution in [0.25, 0.3) is 0 Å². The maximum absolute atomic E-state index is 12.3. The van der Waals surface area contributed by atoms with E-state index in [4.69, 9.17) is 27.9 Å². The Morgan fingerprint density at radius 2 is 1.88 bits per heavy atom. The van der Waals surface area contributed by atoms with E-state index in [1.165, 1.54) is 25.3 Å². The average molecular weight is 447 g/mol. The molecule has 0 saturated heterocycles. The van der Waals surface area contributed by atoms with Crippen LogP contribution in [0, 0.1) is 0 Å². The van der Waals surface area contributed by atoms with Crippen LogP contribution in [0.5, 0.6) is 5.75 Å². The third kappa shape index (κ3) is 5.11. The summed E-state index contributed by atoms with van der Waals surface area (Å²) < 4.78 is 10.9. The molecule has 1 unspecified atom stereocenters. The Balaban J connectivity index is 2.12. The van der Waals surface area contributed by atoms with E-state index < -0.39 is 18.0 Å². The molecule has 1 amide bonds. The Hall–Kier alpha value is -1.76. The van der Waals surface area contributed by atoms with Crippen LogP contribution in [0.3, 0.4) is 0 Å². The maximum atomic E-state index is 12.3. The van der Waals surface area contributed by atoms with Crippen LogP contribution in [0.15, 0.2) is 40.9 Å². The largest absolute Gasteiger partial charge is 0.480 e. The lowest BCUT2D eigenvalue weighted by atomic mass is 10.2. The summed E-state index contributed by atoms with van der Waals surface area (Å²) in [6.45, 7) is 1.59. The monoisotopic (exact) mass is 445 g/mol. The van der Waals surface area contributed by atoms with Crippen molar-refractivity contribution in [2.45, 2.75) is 13.0 Å². The fourth-order valence-electron chi connectivity index (χ4n) is 1.92. The number of ether oxygens (including phenoxy) is 2. The molecule has 1 N–H and O–H groups in total. The number of hydrogen-bond acceptors (Lipinski definition) is 4. The highest BCUT2D eigenvalue weighted by molar-refractivity contribution is 9.10. The number of hydrogen-bond donors (Lipinski definition) is 1. The summed E-state index contributed by atoms with van der Waals surface area (Å²) in [5.74, 6) is -0.478. The van der Waals surface area contributed by atoms with Crippen LogP contribution in [0.1, 0.15) is 17.3 Å². The molecule has 2 aromatic rings.